The highest BCUT2D eigenvalue weighted by atomic mass is 16.1. The van der Waals surface area contributed by atoms with E-state index < -0.39 is 0 Å². The van der Waals surface area contributed by atoms with Gasteiger partial charge in [-0.3, -0.25) is 14.5 Å². The SMILES string of the molecule is CN(C)c1n[nH]ccccc(=O)n1C. The Labute approximate surface area is 82.3 Å². The maximum absolute atomic E-state index is 11.5. The lowest BCUT2D eigenvalue weighted by atomic mass is 10.5. The largest absolute Gasteiger partial charge is 0.347 e. The van der Waals surface area contributed by atoms with Gasteiger partial charge in [-0.15, -0.1) is 5.10 Å². The van der Waals surface area contributed by atoms with Crippen molar-refractivity contribution in [1.29, 1.82) is 0 Å². The monoisotopic (exact) mass is 194 g/mol. The number of H-pyrrole nitrogens is 1. The van der Waals surface area contributed by atoms with Crippen LogP contribution in [0.3, 0.4) is 0 Å². The second-order valence-electron chi connectivity index (χ2n) is 3.05. The normalized spacial score (nSPS) is 9.36. The number of rotatable bonds is 1. The Kier molecular flexibility index (Phi) is 3.28. The summed E-state index contributed by atoms with van der Waals surface area (Å²) in [6.45, 7) is 0. The quantitative estimate of drug-likeness (QED) is 0.699. The Morgan fingerprint density at radius 2 is 2.14 bits per heavy atom. The van der Waals surface area contributed by atoms with Crippen molar-refractivity contribution in [3.8, 4) is 0 Å². The molecule has 0 saturated carbocycles. The average Bonchev–Trinajstić information content (AvgIpc) is 2.20. The Morgan fingerprint density at radius 1 is 1.43 bits per heavy atom. The molecule has 1 rings (SSSR count). The van der Waals surface area contributed by atoms with Gasteiger partial charge in [-0.05, 0) is 6.07 Å². The fourth-order valence-electron chi connectivity index (χ4n) is 1.02. The number of aromatic nitrogens is 3. The zero-order valence-electron chi connectivity index (χ0n) is 8.56. The van der Waals surface area contributed by atoms with Crippen molar-refractivity contribution in [3.63, 3.8) is 0 Å². The Balaban J connectivity index is 3.53. The van der Waals surface area contributed by atoms with Crippen LogP contribution in [0.4, 0.5) is 5.95 Å². The molecule has 0 radical (unpaired) electrons. The van der Waals surface area contributed by atoms with E-state index in [9.17, 15) is 4.79 Å². The second kappa shape index (κ2) is 4.45. The van der Waals surface area contributed by atoms with Gasteiger partial charge in [-0.25, -0.2) is 0 Å². The van der Waals surface area contributed by atoms with Gasteiger partial charge in [-0.2, -0.15) is 0 Å². The predicted molar refractivity (Wildman–Crippen MR) is 55.8 cm³/mol. The van der Waals surface area contributed by atoms with Crippen molar-refractivity contribution in [1.82, 2.24) is 14.8 Å². The lowest BCUT2D eigenvalue weighted by Crippen LogP contribution is -2.23. The van der Waals surface area contributed by atoms with E-state index in [1.165, 1.54) is 10.6 Å². The second-order valence-corrected chi connectivity index (χ2v) is 3.05. The molecule has 0 fully saturated rings. The Hall–Kier alpha value is -1.78. The number of hydrogen-bond acceptors (Lipinski definition) is 3. The summed E-state index contributed by atoms with van der Waals surface area (Å²) in [5, 5.41) is 6.78. The van der Waals surface area contributed by atoms with Crippen LogP contribution < -0.4 is 10.5 Å². The molecule has 1 aromatic rings. The van der Waals surface area contributed by atoms with Crippen LogP contribution in [0, 0.1) is 0 Å². The summed E-state index contributed by atoms with van der Waals surface area (Å²) in [5.41, 5.74) is -0.106. The molecule has 0 aliphatic rings. The molecule has 14 heavy (non-hydrogen) atoms. The number of nitrogens with zero attached hydrogens (tertiary/aromatic N) is 3. The molecular formula is C9H14N4O. The Bertz CT molecular complexity index is 404. The van der Waals surface area contributed by atoms with Crippen molar-refractivity contribution in [2.45, 2.75) is 0 Å². The van der Waals surface area contributed by atoms with Gasteiger partial charge in [0.25, 0.3) is 5.56 Å². The third-order valence-corrected chi connectivity index (χ3v) is 1.72. The van der Waals surface area contributed by atoms with Gasteiger partial charge in [0.2, 0.25) is 5.95 Å². The molecule has 0 aliphatic carbocycles. The first-order valence-electron chi connectivity index (χ1n) is 4.24. The number of aromatic amines is 1. The lowest BCUT2D eigenvalue weighted by molar-refractivity contribution is 0.785. The topological polar surface area (TPSA) is 53.9 Å². The summed E-state index contributed by atoms with van der Waals surface area (Å²) in [6, 6.07) is 4.87. The molecular weight excluding hydrogens is 180 g/mol. The third kappa shape index (κ3) is 2.35. The van der Waals surface area contributed by atoms with Crippen LogP contribution >= 0.6 is 0 Å². The van der Waals surface area contributed by atoms with Crippen LogP contribution in [-0.2, 0) is 7.05 Å². The van der Waals surface area contributed by atoms with Gasteiger partial charge in [0.05, 0.1) is 0 Å². The summed E-state index contributed by atoms with van der Waals surface area (Å²) in [7, 11) is 5.34. The minimum absolute atomic E-state index is 0.106. The van der Waals surface area contributed by atoms with Crippen LogP contribution in [0.25, 0.3) is 0 Å². The van der Waals surface area contributed by atoms with Crippen LogP contribution in [0.5, 0.6) is 0 Å². The van der Waals surface area contributed by atoms with E-state index in [4.69, 9.17) is 0 Å². The first-order chi connectivity index (χ1) is 6.63. The Morgan fingerprint density at radius 3 is 2.79 bits per heavy atom. The van der Waals surface area contributed by atoms with E-state index in [0.717, 1.165) is 0 Å². The van der Waals surface area contributed by atoms with Crippen molar-refractivity contribution in [3.05, 3.63) is 34.7 Å². The van der Waals surface area contributed by atoms with E-state index >= 15 is 0 Å². The molecule has 1 heterocycles. The molecule has 0 saturated heterocycles. The van der Waals surface area contributed by atoms with Crippen LogP contribution in [0.2, 0.25) is 0 Å². The maximum atomic E-state index is 11.5. The molecule has 0 amide bonds. The molecule has 0 unspecified atom stereocenters. The minimum Gasteiger partial charge on any atom is -0.347 e. The molecule has 1 N–H and O–H groups in total. The molecule has 0 aliphatic heterocycles. The lowest BCUT2D eigenvalue weighted by Gasteiger charge is -2.11. The van der Waals surface area contributed by atoms with Gasteiger partial charge in [0.15, 0.2) is 0 Å². The molecule has 0 spiro atoms. The fraction of sp³-hybridized carbons (Fsp3) is 0.333. The smallest absolute Gasteiger partial charge is 0.253 e. The highest BCUT2D eigenvalue weighted by Gasteiger charge is 1.98. The first kappa shape index (κ1) is 10.3. The summed E-state index contributed by atoms with van der Waals surface area (Å²) in [4.78, 5) is 13.3. The van der Waals surface area contributed by atoms with E-state index in [0.29, 0.717) is 5.95 Å². The summed E-state index contributed by atoms with van der Waals surface area (Å²) >= 11 is 0. The highest BCUT2D eigenvalue weighted by Crippen LogP contribution is 1.96. The van der Waals surface area contributed by atoms with Gasteiger partial charge in [0.1, 0.15) is 0 Å². The van der Waals surface area contributed by atoms with E-state index in [1.807, 2.05) is 14.1 Å². The highest BCUT2D eigenvalue weighted by molar-refractivity contribution is 5.24. The van der Waals surface area contributed by atoms with E-state index in [1.54, 1.807) is 30.3 Å². The minimum atomic E-state index is -0.106. The maximum Gasteiger partial charge on any atom is 0.253 e. The van der Waals surface area contributed by atoms with Crippen molar-refractivity contribution in [2.75, 3.05) is 19.0 Å². The summed E-state index contributed by atoms with van der Waals surface area (Å²) < 4.78 is 1.47. The summed E-state index contributed by atoms with van der Waals surface area (Å²) in [5.74, 6) is 0.561. The first-order valence-corrected chi connectivity index (χ1v) is 4.24. The molecule has 0 aromatic carbocycles. The molecule has 5 heteroatoms. The number of anilines is 1. The third-order valence-electron chi connectivity index (χ3n) is 1.72. The van der Waals surface area contributed by atoms with Gasteiger partial charge in [0, 0.05) is 33.4 Å². The fourth-order valence-corrected chi connectivity index (χ4v) is 1.02. The zero-order valence-corrected chi connectivity index (χ0v) is 8.56. The van der Waals surface area contributed by atoms with Crippen molar-refractivity contribution >= 4 is 5.95 Å². The van der Waals surface area contributed by atoms with Crippen LogP contribution in [0.1, 0.15) is 0 Å². The summed E-state index contributed by atoms with van der Waals surface area (Å²) in [6.07, 6.45) is 1.66. The molecule has 5 nitrogen and oxygen atoms in total. The molecule has 0 atom stereocenters. The molecule has 76 valence electrons. The van der Waals surface area contributed by atoms with E-state index in [-0.39, 0.29) is 5.56 Å². The molecule has 1 aromatic heterocycles. The standard InChI is InChI=1S/C9H14N4O/c1-12(2)9-11-10-7-5-4-6-8(14)13(9)3/h4-7,10H,1-3H3. The van der Waals surface area contributed by atoms with Gasteiger partial charge < -0.3 is 4.90 Å². The van der Waals surface area contributed by atoms with E-state index in [2.05, 4.69) is 10.2 Å². The predicted octanol–water partition coefficient (Wildman–Crippen LogP) is 0.299. The van der Waals surface area contributed by atoms with Gasteiger partial charge >= 0.3 is 0 Å². The number of nitrogens with one attached hydrogen (secondary N) is 1. The number of hydrogen-bond donors (Lipinski definition) is 1. The van der Waals surface area contributed by atoms with Gasteiger partial charge in [-0.1, -0.05) is 6.07 Å². The van der Waals surface area contributed by atoms with Crippen LogP contribution in [-0.4, -0.2) is 28.9 Å². The van der Waals surface area contributed by atoms with Crippen LogP contribution in [0.15, 0.2) is 29.2 Å². The van der Waals surface area contributed by atoms with Crippen molar-refractivity contribution in [2.24, 2.45) is 7.05 Å². The molecule has 0 bridgehead atoms. The van der Waals surface area contributed by atoms with Crippen molar-refractivity contribution < 1.29 is 0 Å². The average molecular weight is 194 g/mol. The zero-order chi connectivity index (χ0) is 10.6.